The van der Waals surface area contributed by atoms with Crippen LogP contribution in [0, 0.1) is 0 Å². The van der Waals surface area contributed by atoms with Gasteiger partial charge in [-0.2, -0.15) is 0 Å². The number of aromatic nitrogens is 4. The van der Waals surface area contributed by atoms with E-state index in [4.69, 9.17) is 9.72 Å². The maximum Gasteiger partial charge on any atom is 0.345 e. The van der Waals surface area contributed by atoms with Crippen LogP contribution >= 0.6 is 11.3 Å². The van der Waals surface area contributed by atoms with Gasteiger partial charge in [-0.15, -0.1) is 0 Å². The van der Waals surface area contributed by atoms with Gasteiger partial charge in [-0.05, 0) is 31.2 Å². The normalized spacial score (nSPS) is 13.8. The molecule has 3 aromatic heterocycles. The summed E-state index contributed by atoms with van der Waals surface area (Å²) in [5.41, 5.74) is 3.32. The van der Waals surface area contributed by atoms with Crippen LogP contribution in [0.15, 0.2) is 77.9 Å². The zero-order valence-electron chi connectivity index (χ0n) is 23.6. The number of carbonyl (C=O) groups excluding carboxylic acids is 1. The van der Waals surface area contributed by atoms with E-state index in [9.17, 15) is 14.7 Å². The maximum atomic E-state index is 13.6. The average Bonchev–Trinajstić information content (AvgIpc) is 3.43. The van der Waals surface area contributed by atoms with Crippen LogP contribution in [0.1, 0.15) is 17.3 Å². The summed E-state index contributed by atoms with van der Waals surface area (Å²) in [4.78, 5) is 45.5. The molecule has 4 heterocycles. The zero-order valence-corrected chi connectivity index (χ0v) is 24.5. The van der Waals surface area contributed by atoms with Gasteiger partial charge in [-0.3, -0.25) is 9.69 Å². The van der Waals surface area contributed by atoms with Crippen molar-refractivity contribution in [3.05, 3.63) is 89.0 Å². The van der Waals surface area contributed by atoms with Gasteiger partial charge >= 0.3 is 5.97 Å². The summed E-state index contributed by atoms with van der Waals surface area (Å²) >= 11 is 1.31. The van der Waals surface area contributed by atoms with Crippen molar-refractivity contribution in [3.63, 3.8) is 0 Å². The third kappa shape index (κ3) is 5.98. The van der Waals surface area contributed by atoms with Crippen molar-refractivity contribution in [1.29, 1.82) is 0 Å². The number of hydrogen-bond acceptors (Lipinski definition) is 11. The minimum atomic E-state index is -0.705. The van der Waals surface area contributed by atoms with Gasteiger partial charge in [0.05, 0.1) is 35.7 Å². The fourth-order valence-electron chi connectivity index (χ4n) is 5.16. The number of thiazole rings is 1. The molecular weight excluding hydrogens is 566 g/mol. The molecule has 2 aromatic carbocycles. The Morgan fingerprint density at radius 3 is 2.63 bits per heavy atom. The Morgan fingerprint density at radius 1 is 1.05 bits per heavy atom. The van der Waals surface area contributed by atoms with E-state index in [0.717, 1.165) is 48.0 Å². The van der Waals surface area contributed by atoms with Crippen molar-refractivity contribution in [2.24, 2.45) is 0 Å². The summed E-state index contributed by atoms with van der Waals surface area (Å²) in [6.07, 6.45) is 2.95. The van der Waals surface area contributed by atoms with Crippen LogP contribution in [0.4, 0.5) is 17.3 Å². The fraction of sp³-hybridized carbons (Fsp3) is 0.258. The SMILES string of the molecule is CCOC(=O)c1cnc2sc(-c3ccnc(Nc4cccc(N5CCN(CCO)CC5)c4)n3)c(-c3ccccc3)n2c1=O. The molecule has 6 rings (SSSR count). The van der Waals surface area contributed by atoms with Crippen LogP contribution in [-0.2, 0) is 4.74 Å². The summed E-state index contributed by atoms with van der Waals surface area (Å²) < 4.78 is 6.56. The summed E-state index contributed by atoms with van der Waals surface area (Å²) in [5.74, 6) is -0.296. The predicted octanol–water partition coefficient (Wildman–Crippen LogP) is 3.91. The number of hydrogen-bond donors (Lipinski definition) is 2. The molecule has 0 saturated carbocycles. The number of aliphatic hydroxyl groups is 1. The Labute approximate surface area is 252 Å². The van der Waals surface area contributed by atoms with E-state index in [1.807, 2.05) is 42.5 Å². The molecule has 1 saturated heterocycles. The Kier molecular flexibility index (Phi) is 8.40. The summed E-state index contributed by atoms with van der Waals surface area (Å²) in [6, 6.07) is 19.4. The van der Waals surface area contributed by atoms with E-state index in [2.05, 4.69) is 37.2 Å². The first-order valence-corrected chi connectivity index (χ1v) is 14.9. The summed E-state index contributed by atoms with van der Waals surface area (Å²) in [7, 11) is 0. The van der Waals surface area contributed by atoms with Crippen LogP contribution in [0.2, 0.25) is 0 Å². The van der Waals surface area contributed by atoms with E-state index in [-0.39, 0.29) is 18.8 Å². The number of esters is 1. The second-order valence-corrected chi connectivity index (χ2v) is 10.9. The monoisotopic (exact) mass is 597 g/mol. The summed E-state index contributed by atoms with van der Waals surface area (Å²) in [5, 5.41) is 12.6. The van der Waals surface area contributed by atoms with Crippen molar-refractivity contribution in [3.8, 4) is 21.8 Å². The molecule has 12 heteroatoms. The lowest BCUT2D eigenvalue weighted by molar-refractivity contribution is 0.0523. The third-order valence-electron chi connectivity index (χ3n) is 7.25. The topological polar surface area (TPSA) is 125 Å². The molecule has 0 unspecified atom stereocenters. The lowest BCUT2D eigenvalue weighted by Crippen LogP contribution is -2.47. The number of piperazine rings is 1. The van der Waals surface area contributed by atoms with Crippen LogP contribution in [-0.4, -0.2) is 81.3 Å². The number of anilines is 3. The van der Waals surface area contributed by atoms with Crippen molar-refractivity contribution < 1.29 is 14.6 Å². The van der Waals surface area contributed by atoms with Gasteiger partial charge in [0.2, 0.25) is 5.95 Å². The Bertz CT molecular complexity index is 1800. The van der Waals surface area contributed by atoms with Crippen molar-refractivity contribution in [1.82, 2.24) is 24.3 Å². The molecule has 2 N–H and O–H groups in total. The van der Waals surface area contributed by atoms with Crippen LogP contribution in [0.3, 0.4) is 0 Å². The molecule has 0 radical (unpaired) electrons. The molecule has 220 valence electrons. The number of carbonyl (C=O) groups is 1. The highest BCUT2D eigenvalue weighted by Gasteiger charge is 2.23. The highest BCUT2D eigenvalue weighted by Crippen LogP contribution is 2.37. The number of nitrogens with one attached hydrogen (secondary N) is 1. The van der Waals surface area contributed by atoms with Crippen LogP contribution in [0.5, 0.6) is 0 Å². The van der Waals surface area contributed by atoms with Gasteiger partial charge in [-0.25, -0.2) is 24.1 Å². The Morgan fingerprint density at radius 2 is 1.86 bits per heavy atom. The molecule has 0 amide bonds. The van der Waals surface area contributed by atoms with Crippen molar-refractivity contribution in [2.75, 3.05) is 56.2 Å². The first-order chi connectivity index (χ1) is 21.1. The second kappa shape index (κ2) is 12.7. The lowest BCUT2D eigenvalue weighted by atomic mass is 10.1. The van der Waals surface area contributed by atoms with E-state index in [1.165, 1.54) is 21.9 Å². The first-order valence-electron chi connectivity index (χ1n) is 14.1. The number of ether oxygens (including phenoxy) is 1. The van der Waals surface area contributed by atoms with Gasteiger partial charge < -0.3 is 20.1 Å². The van der Waals surface area contributed by atoms with E-state index < -0.39 is 11.5 Å². The molecule has 1 aliphatic heterocycles. The minimum absolute atomic E-state index is 0.124. The van der Waals surface area contributed by atoms with Gasteiger partial charge in [0.15, 0.2) is 4.96 Å². The largest absolute Gasteiger partial charge is 0.462 e. The van der Waals surface area contributed by atoms with Crippen molar-refractivity contribution >= 4 is 39.6 Å². The Hall–Kier alpha value is -4.65. The molecule has 1 fully saturated rings. The molecule has 0 atom stereocenters. The molecule has 1 aliphatic rings. The molecule has 5 aromatic rings. The van der Waals surface area contributed by atoms with Crippen LogP contribution < -0.4 is 15.8 Å². The molecule has 43 heavy (non-hydrogen) atoms. The van der Waals surface area contributed by atoms with E-state index in [1.54, 1.807) is 19.2 Å². The number of nitrogens with zero attached hydrogens (tertiary/aromatic N) is 6. The van der Waals surface area contributed by atoms with Gasteiger partial charge in [0, 0.05) is 55.9 Å². The smallest absolute Gasteiger partial charge is 0.345 e. The van der Waals surface area contributed by atoms with Gasteiger partial charge in [-0.1, -0.05) is 47.7 Å². The highest BCUT2D eigenvalue weighted by atomic mass is 32.1. The first kappa shape index (κ1) is 28.5. The Balaban J connectivity index is 1.34. The lowest BCUT2D eigenvalue weighted by Gasteiger charge is -2.35. The van der Waals surface area contributed by atoms with E-state index >= 15 is 0 Å². The molecule has 0 aliphatic carbocycles. The number of fused-ring (bicyclic) bond motifs is 1. The molecule has 0 bridgehead atoms. The average molecular weight is 598 g/mol. The zero-order chi connectivity index (χ0) is 29.8. The van der Waals surface area contributed by atoms with Crippen LogP contribution in [0.25, 0.3) is 26.8 Å². The van der Waals surface area contributed by atoms with Crippen molar-refractivity contribution in [2.45, 2.75) is 6.92 Å². The summed E-state index contributed by atoms with van der Waals surface area (Å²) in [6.45, 7) is 6.30. The standard InChI is InChI=1S/C31H31N7O4S/c1-2-42-29(41)24-20-33-31-38(28(24)40)26(21-7-4-3-5-8-21)27(43-31)25-11-12-32-30(35-25)34-22-9-6-10-23(19-22)37-15-13-36(14-16-37)17-18-39/h3-12,19-20,39H,2,13-18H2,1H3,(H,32,34,35). The molecular formula is C31H31N7O4S. The highest BCUT2D eigenvalue weighted by molar-refractivity contribution is 7.20. The third-order valence-corrected chi connectivity index (χ3v) is 8.32. The number of aliphatic hydroxyl groups excluding tert-OH is 1. The van der Waals surface area contributed by atoms with Gasteiger partial charge in [0.1, 0.15) is 5.56 Å². The second-order valence-electron chi connectivity index (χ2n) is 9.95. The van der Waals surface area contributed by atoms with Gasteiger partial charge in [0.25, 0.3) is 5.56 Å². The molecule has 11 nitrogen and oxygen atoms in total. The quantitative estimate of drug-likeness (QED) is 0.242. The van der Waals surface area contributed by atoms with E-state index in [0.29, 0.717) is 28.8 Å². The maximum absolute atomic E-state index is 13.6. The molecule has 0 spiro atoms. The fourth-order valence-corrected chi connectivity index (χ4v) is 6.23. The number of rotatable bonds is 9. The minimum Gasteiger partial charge on any atom is -0.462 e. The predicted molar refractivity (Wildman–Crippen MR) is 167 cm³/mol. The number of β-amino-alcohol motifs (C(OH)–C–C–N with tert-alkyl or cyclic N) is 1. The number of benzene rings is 2.